The van der Waals surface area contributed by atoms with Crippen LogP contribution in [0.5, 0.6) is 0 Å². The number of amides is 1. The highest BCUT2D eigenvalue weighted by atomic mass is 35.5. The summed E-state index contributed by atoms with van der Waals surface area (Å²) >= 11 is 5.94. The van der Waals surface area contributed by atoms with Crippen molar-refractivity contribution in [2.75, 3.05) is 6.61 Å². The van der Waals surface area contributed by atoms with Gasteiger partial charge in [-0.1, -0.05) is 29.8 Å². The Morgan fingerprint density at radius 3 is 2.68 bits per heavy atom. The van der Waals surface area contributed by atoms with E-state index < -0.39 is 22.5 Å². The molecular weight excluding hydrogens is 328 g/mol. The maximum atomic E-state index is 11.9. The van der Waals surface area contributed by atoms with Crippen molar-refractivity contribution in [1.82, 2.24) is 9.71 Å². The molecule has 8 heteroatoms. The molecule has 2 aromatic rings. The lowest BCUT2D eigenvalue weighted by Gasteiger charge is -2.08. The number of nitrogens with one attached hydrogen (secondary N) is 1. The van der Waals surface area contributed by atoms with Crippen molar-refractivity contribution >= 4 is 27.5 Å². The van der Waals surface area contributed by atoms with Crippen molar-refractivity contribution < 1.29 is 17.9 Å². The lowest BCUT2D eigenvalue weighted by molar-refractivity contribution is -0.124. The average molecular weight is 341 g/mol. The van der Waals surface area contributed by atoms with Gasteiger partial charge in [0.25, 0.3) is 15.9 Å². The normalized spacial score (nSPS) is 11.1. The van der Waals surface area contributed by atoms with Gasteiger partial charge in [-0.25, -0.2) is 13.1 Å². The van der Waals surface area contributed by atoms with Crippen LogP contribution in [0.3, 0.4) is 0 Å². The van der Waals surface area contributed by atoms with Crippen LogP contribution in [0, 0.1) is 0 Å². The quantitative estimate of drug-likeness (QED) is 0.866. The van der Waals surface area contributed by atoms with Gasteiger partial charge in [0, 0.05) is 17.4 Å². The van der Waals surface area contributed by atoms with Gasteiger partial charge in [-0.2, -0.15) is 0 Å². The number of carbonyl (C=O) groups is 1. The van der Waals surface area contributed by atoms with Crippen LogP contribution in [0.1, 0.15) is 5.56 Å². The van der Waals surface area contributed by atoms with Gasteiger partial charge < -0.3 is 4.74 Å². The van der Waals surface area contributed by atoms with Crippen LogP contribution in [0.2, 0.25) is 5.02 Å². The van der Waals surface area contributed by atoms with E-state index in [1.807, 2.05) is 4.72 Å². The summed E-state index contributed by atoms with van der Waals surface area (Å²) in [7, 11) is -3.93. The first kappa shape index (κ1) is 16.4. The first-order valence-corrected chi connectivity index (χ1v) is 8.12. The van der Waals surface area contributed by atoms with E-state index in [-0.39, 0.29) is 11.5 Å². The van der Waals surface area contributed by atoms with Crippen LogP contribution < -0.4 is 4.72 Å². The van der Waals surface area contributed by atoms with Crippen LogP contribution >= 0.6 is 11.6 Å². The summed E-state index contributed by atoms with van der Waals surface area (Å²) < 4.78 is 30.8. The van der Waals surface area contributed by atoms with Crippen molar-refractivity contribution in [1.29, 1.82) is 0 Å². The molecule has 1 aromatic heterocycles. The van der Waals surface area contributed by atoms with Crippen molar-refractivity contribution in [2.45, 2.75) is 11.5 Å². The largest absolute Gasteiger partial charge is 0.367 e. The Balaban J connectivity index is 1.87. The predicted molar refractivity (Wildman–Crippen MR) is 80.7 cm³/mol. The molecule has 1 amide bonds. The number of rotatable bonds is 6. The number of pyridine rings is 1. The third-order valence-electron chi connectivity index (χ3n) is 2.64. The second kappa shape index (κ2) is 7.35. The van der Waals surface area contributed by atoms with E-state index in [2.05, 4.69) is 4.98 Å². The Kier molecular flexibility index (Phi) is 5.48. The molecule has 0 unspecified atom stereocenters. The molecule has 0 bridgehead atoms. The molecule has 0 saturated heterocycles. The molecular formula is C14H13ClN2O4S. The molecule has 0 saturated carbocycles. The topological polar surface area (TPSA) is 85.4 Å². The van der Waals surface area contributed by atoms with Gasteiger partial charge >= 0.3 is 0 Å². The zero-order valence-electron chi connectivity index (χ0n) is 11.4. The third-order valence-corrected chi connectivity index (χ3v) is 4.37. The van der Waals surface area contributed by atoms with Crippen LogP contribution in [0.4, 0.5) is 0 Å². The SMILES string of the molecule is O=C(COCc1ccccc1Cl)NS(=O)(=O)c1cccnc1. The van der Waals surface area contributed by atoms with E-state index in [0.29, 0.717) is 10.6 Å². The van der Waals surface area contributed by atoms with Gasteiger partial charge in [0.1, 0.15) is 11.5 Å². The summed E-state index contributed by atoms with van der Waals surface area (Å²) in [5.74, 6) is -0.768. The smallest absolute Gasteiger partial charge is 0.265 e. The van der Waals surface area contributed by atoms with Gasteiger partial charge in [-0.05, 0) is 23.8 Å². The minimum atomic E-state index is -3.93. The molecule has 1 heterocycles. The highest BCUT2D eigenvalue weighted by Gasteiger charge is 2.17. The molecule has 0 spiro atoms. The minimum Gasteiger partial charge on any atom is -0.367 e. The zero-order chi connectivity index (χ0) is 16.0. The van der Waals surface area contributed by atoms with Crippen molar-refractivity contribution in [3.8, 4) is 0 Å². The number of aromatic nitrogens is 1. The molecule has 0 fully saturated rings. The molecule has 0 aliphatic heterocycles. The van der Waals surface area contributed by atoms with E-state index in [4.69, 9.17) is 16.3 Å². The fraction of sp³-hybridized carbons (Fsp3) is 0.143. The standard InChI is InChI=1S/C14H13ClN2O4S/c15-13-6-2-1-4-11(13)9-21-10-14(18)17-22(19,20)12-5-3-7-16-8-12/h1-8H,9-10H2,(H,17,18). The van der Waals surface area contributed by atoms with Crippen molar-refractivity contribution in [2.24, 2.45) is 0 Å². The molecule has 0 radical (unpaired) electrons. The second-order valence-corrected chi connectivity index (χ2v) is 6.39. The van der Waals surface area contributed by atoms with Gasteiger partial charge in [-0.3, -0.25) is 9.78 Å². The van der Waals surface area contributed by atoms with E-state index >= 15 is 0 Å². The number of ether oxygens (including phenoxy) is 1. The van der Waals surface area contributed by atoms with Crippen LogP contribution in [-0.2, 0) is 26.2 Å². The highest BCUT2D eigenvalue weighted by molar-refractivity contribution is 7.90. The Bertz CT molecular complexity index is 750. The highest BCUT2D eigenvalue weighted by Crippen LogP contribution is 2.15. The molecule has 22 heavy (non-hydrogen) atoms. The maximum Gasteiger partial charge on any atom is 0.265 e. The lowest BCUT2D eigenvalue weighted by Crippen LogP contribution is -2.33. The Morgan fingerprint density at radius 1 is 1.23 bits per heavy atom. The molecule has 1 N–H and O–H groups in total. The number of halogens is 1. The van der Waals surface area contributed by atoms with Crippen LogP contribution in [0.15, 0.2) is 53.7 Å². The van der Waals surface area contributed by atoms with E-state index in [0.717, 1.165) is 6.20 Å². The number of hydrogen-bond donors (Lipinski definition) is 1. The molecule has 1 aromatic carbocycles. The molecule has 116 valence electrons. The maximum absolute atomic E-state index is 11.9. The first-order chi connectivity index (χ1) is 10.5. The van der Waals surface area contributed by atoms with Crippen molar-refractivity contribution in [3.05, 3.63) is 59.4 Å². The fourth-order valence-corrected chi connectivity index (χ4v) is 2.74. The third kappa shape index (κ3) is 4.52. The van der Waals surface area contributed by atoms with Crippen LogP contribution in [0.25, 0.3) is 0 Å². The van der Waals surface area contributed by atoms with Crippen molar-refractivity contribution in [3.63, 3.8) is 0 Å². The zero-order valence-corrected chi connectivity index (χ0v) is 13.0. The number of hydrogen-bond acceptors (Lipinski definition) is 5. The number of sulfonamides is 1. The summed E-state index contributed by atoms with van der Waals surface area (Å²) in [6.07, 6.45) is 2.59. The summed E-state index contributed by atoms with van der Waals surface area (Å²) in [6.45, 7) is -0.287. The molecule has 0 atom stereocenters. The monoisotopic (exact) mass is 340 g/mol. The van der Waals surface area contributed by atoms with E-state index in [1.54, 1.807) is 24.3 Å². The first-order valence-electron chi connectivity index (χ1n) is 6.26. The average Bonchev–Trinajstić information content (AvgIpc) is 2.50. The number of nitrogens with zero attached hydrogens (tertiary/aromatic N) is 1. The van der Waals surface area contributed by atoms with Gasteiger partial charge in [0.05, 0.1) is 6.61 Å². The molecule has 0 aliphatic rings. The molecule has 2 rings (SSSR count). The number of benzene rings is 1. The summed E-state index contributed by atoms with van der Waals surface area (Å²) in [4.78, 5) is 15.2. The molecule has 0 aliphatic carbocycles. The van der Waals surface area contributed by atoms with Gasteiger partial charge in [0.2, 0.25) is 0 Å². The Labute approximate surface area is 133 Å². The molecule has 6 nitrogen and oxygen atoms in total. The van der Waals surface area contributed by atoms with E-state index in [9.17, 15) is 13.2 Å². The van der Waals surface area contributed by atoms with E-state index in [1.165, 1.54) is 18.3 Å². The fourth-order valence-electron chi connectivity index (χ4n) is 1.61. The van der Waals surface area contributed by atoms with Gasteiger partial charge in [0.15, 0.2) is 0 Å². The predicted octanol–water partition coefficient (Wildman–Crippen LogP) is 1.76. The van der Waals surface area contributed by atoms with Gasteiger partial charge in [-0.15, -0.1) is 0 Å². The summed E-state index contributed by atoms with van der Waals surface area (Å²) in [5.41, 5.74) is 0.715. The lowest BCUT2D eigenvalue weighted by atomic mass is 10.2. The van der Waals surface area contributed by atoms with Crippen LogP contribution in [-0.4, -0.2) is 25.9 Å². The second-order valence-electron chi connectivity index (χ2n) is 4.30. The Hall–Kier alpha value is -1.96. The minimum absolute atomic E-state index is 0.0885. The number of carbonyl (C=O) groups excluding carboxylic acids is 1. The summed E-state index contributed by atoms with van der Waals surface area (Å²) in [6, 6.07) is 9.83. The summed E-state index contributed by atoms with van der Waals surface area (Å²) in [5, 5.41) is 0.519. The Morgan fingerprint density at radius 2 is 2.00 bits per heavy atom.